The van der Waals surface area contributed by atoms with E-state index in [4.69, 9.17) is 0 Å². The molecule has 0 fully saturated rings. The summed E-state index contributed by atoms with van der Waals surface area (Å²) in [4.78, 5) is 13.4. The van der Waals surface area contributed by atoms with E-state index >= 15 is 0 Å². The SMILES string of the molecule is C[C@@H](NC(=O)/C(=C/c1ccccc1)c1c(O)ccc2ccccc12)c1ccccc1. The van der Waals surface area contributed by atoms with Crippen molar-refractivity contribution in [3.05, 3.63) is 114 Å². The third kappa shape index (κ3) is 4.11. The molecule has 4 aromatic carbocycles. The van der Waals surface area contributed by atoms with Gasteiger partial charge in [-0.05, 0) is 41.0 Å². The predicted octanol–water partition coefficient (Wildman–Crippen LogP) is 5.96. The Labute approximate surface area is 176 Å². The van der Waals surface area contributed by atoms with E-state index in [1.54, 1.807) is 6.07 Å². The Morgan fingerprint density at radius 3 is 2.20 bits per heavy atom. The second kappa shape index (κ2) is 8.66. The molecule has 0 aliphatic heterocycles. The van der Waals surface area contributed by atoms with Crippen molar-refractivity contribution in [2.24, 2.45) is 0 Å². The Bertz CT molecular complexity index is 1200. The van der Waals surface area contributed by atoms with Crippen molar-refractivity contribution in [1.82, 2.24) is 5.32 Å². The van der Waals surface area contributed by atoms with Crippen LogP contribution in [0.3, 0.4) is 0 Å². The lowest BCUT2D eigenvalue weighted by atomic mass is 9.94. The van der Waals surface area contributed by atoms with E-state index in [1.807, 2.05) is 104 Å². The van der Waals surface area contributed by atoms with Crippen LogP contribution in [0.5, 0.6) is 5.75 Å². The number of benzene rings is 4. The van der Waals surface area contributed by atoms with E-state index in [0.29, 0.717) is 11.1 Å². The molecule has 3 nitrogen and oxygen atoms in total. The van der Waals surface area contributed by atoms with Gasteiger partial charge in [-0.3, -0.25) is 4.79 Å². The summed E-state index contributed by atoms with van der Waals surface area (Å²) in [6, 6.07) is 30.6. The molecule has 1 amide bonds. The van der Waals surface area contributed by atoms with E-state index in [2.05, 4.69) is 5.32 Å². The molecule has 0 aromatic heterocycles. The molecule has 0 bridgehead atoms. The minimum absolute atomic E-state index is 0.0818. The number of hydrogen-bond donors (Lipinski definition) is 2. The number of nitrogens with one attached hydrogen (secondary N) is 1. The first kappa shape index (κ1) is 19.5. The number of hydrogen-bond acceptors (Lipinski definition) is 2. The molecule has 4 aromatic rings. The van der Waals surface area contributed by atoms with Crippen LogP contribution in [-0.4, -0.2) is 11.0 Å². The minimum atomic E-state index is -0.234. The molecule has 0 saturated heterocycles. The number of aromatic hydroxyl groups is 1. The number of carbonyl (C=O) groups excluding carboxylic acids is 1. The molecule has 0 radical (unpaired) electrons. The van der Waals surface area contributed by atoms with Crippen molar-refractivity contribution >= 4 is 28.3 Å². The average molecular weight is 393 g/mol. The fraction of sp³-hybridized carbons (Fsp3) is 0.0741. The maximum atomic E-state index is 13.4. The molecule has 0 spiro atoms. The van der Waals surface area contributed by atoms with E-state index in [0.717, 1.165) is 21.9 Å². The van der Waals surface area contributed by atoms with Crippen LogP contribution in [-0.2, 0) is 4.79 Å². The first-order valence-electron chi connectivity index (χ1n) is 9.97. The predicted molar refractivity (Wildman–Crippen MR) is 123 cm³/mol. The van der Waals surface area contributed by atoms with Gasteiger partial charge in [0, 0.05) is 5.56 Å². The van der Waals surface area contributed by atoms with Gasteiger partial charge in [0.05, 0.1) is 11.6 Å². The fourth-order valence-corrected chi connectivity index (χ4v) is 3.61. The summed E-state index contributed by atoms with van der Waals surface area (Å²) in [5, 5.41) is 15.6. The van der Waals surface area contributed by atoms with Gasteiger partial charge in [-0.2, -0.15) is 0 Å². The van der Waals surface area contributed by atoms with Crippen LogP contribution in [0.15, 0.2) is 97.1 Å². The Morgan fingerprint density at radius 1 is 0.833 bits per heavy atom. The van der Waals surface area contributed by atoms with Crippen LogP contribution in [0.1, 0.15) is 29.7 Å². The lowest BCUT2D eigenvalue weighted by molar-refractivity contribution is -0.116. The molecule has 4 rings (SSSR count). The van der Waals surface area contributed by atoms with Crippen LogP contribution in [0.4, 0.5) is 0 Å². The van der Waals surface area contributed by atoms with Gasteiger partial charge in [0.1, 0.15) is 5.75 Å². The average Bonchev–Trinajstić information content (AvgIpc) is 2.79. The van der Waals surface area contributed by atoms with Gasteiger partial charge in [0.25, 0.3) is 5.91 Å². The third-order valence-electron chi connectivity index (χ3n) is 5.18. The van der Waals surface area contributed by atoms with Crippen LogP contribution >= 0.6 is 0 Å². The lowest BCUT2D eigenvalue weighted by Crippen LogP contribution is -2.27. The zero-order valence-electron chi connectivity index (χ0n) is 16.7. The van der Waals surface area contributed by atoms with Crippen LogP contribution in [0, 0.1) is 0 Å². The van der Waals surface area contributed by atoms with Crippen molar-refractivity contribution in [2.75, 3.05) is 0 Å². The zero-order chi connectivity index (χ0) is 20.9. The third-order valence-corrected chi connectivity index (χ3v) is 5.18. The number of carbonyl (C=O) groups is 1. The molecule has 0 unspecified atom stereocenters. The van der Waals surface area contributed by atoms with Gasteiger partial charge < -0.3 is 10.4 Å². The first-order chi connectivity index (χ1) is 14.6. The molecule has 1 atom stereocenters. The van der Waals surface area contributed by atoms with Gasteiger partial charge in [-0.1, -0.05) is 91.0 Å². The number of phenols is 1. The molecule has 148 valence electrons. The number of fused-ring (bicyclic) bond motifs is 1. The maximum absolute atomic E-state index is 13.4. The molecule has 0 aliphatic carbocycles. The fourth-order valence-electron chi connectivity index (χ4n) is 3.61. The number of phenolic OH excluding ortho intramolecular Hbond substituents is 1. The molecule has 0 heterocycles. The smallest absolute Gasteiger partial charge is 0.252 e. The summed E-state index contributed by atoms with van der Waals surface area (Å²) >= 11 is 0. The quantitative estimate of drug-likeness (QED) is 0.324. The molecule has 3 heteroatoms. The Kier molecular flexibility index (Phi) is 5.62. The first-order valence-corrected chi connectivity index (χ1v) is 9.97. The Balaban J connectivity index is 1.81. The maximum Gasteiger partial charge on any atom is 0.252 e. The normalized spacial score (nSPS) is 12.5. The largest absolute Gasteiger partial charge is 0.507 e. The van der Waals surface area contributed by atoms with Gasteiger partial charge in [0.2, 0.25) is 0 Å². The van der Waals surface area contributed by atoms with E-state index in [9.17, 15) is 9.90 Å². The van der Waals surface area contributed by atoms with Crippen molar-refractivity contribution < 1.29 is 9.90 Å². The lowest BCUT2D eigenvalue weighted by Gasteiger charge is -2.18. The van der Waals surface area contributed by atoms with Crippen LogP contribution in [0.25, 0.3) is 22.4 Å². The van der Waals surface area contributed by atoms with Crippen LogP contribution < -0.4 is 5.32 Å². The highest BCUT2D eigenvalue weighted by molar-refractivity contribution is 6.27. The minimum Gasteiger partial charge on any atom is -0.507 e. The second-order valence-corrected chi connectivity index (χ2v) is 7.26. The summed E-state index contributed by atoms with van der Waals surface area (Å²) in [7, 11) is 0. The Hall–Kier alpha value is -3.85. The molecule has 0 saturated carbocycles. The standard InChI is InChI=1S/C27H23NO2/c1-19(21-12-6-3-7-13-21)28-27(30)24(18-20-10-4-2-5-11-20)26-23-15-9-8-14-22(23)16-17-25(26)29/h2-19,29H,1H3,(H,28,30)/b24-18+/t19-/m1/s1. The van der Waals surface area contributed by atoms with Gasteiger partial charge >= 0.3 is 0 Å². The van der Waals surface area contributed by atoms with Gasteiger partial charge in [0.15, 0.2) is 0 Å². The summed E-state index contributed by atoms with van der Waals surface area (Å²) in [6.45, 7) is 1.95. The van der Waals surface area contributed by atoms with E-state index < -0.39 is 0 Å². The highest BCUT2D eigenvalue weighted by atomic mass is 16.3. The highest BCUT2D eigenvalue weighted by Gasteiger charge is 2.20. The summed E-state index contributed by atoms with van der Waals surface area (Å²) in [6.07, 6.45) is 1.83. The summed E-state index contributed by atoms with van der Waals surface area (Å²) in [5.74, 6) is -0.153. The molecule has 30 heavy (non-hydrogen) atoms. The zero-order valence-corrected chi connectivity index (χ0v) is 16.7. The summed E-state index contributed by atoms with van der Waals surface area (Å²) < 4.78 is 0. The molecule has 2 N–H and O–H groups in total. The highest BCUT2D eigenvalue weighted by Crippen LogP contribution is 2.34. The molecule has 0 aliphatic rings. The van der Waals surface area contributed by atoms with Crippen LogP contribution in [0.2, 0.25) is 0 Å². The van der Waals surface area contributed by atoms with Gasteiger partial charge in [-0.25, -0.2) is 0 Å². The summed E-state index contributed by atoms with van der Waals surface area (Å²) in [5.41, 5.74) is 2.88. The van der Waals surface area contributed by atoms with Crippen molar-refractivity contribution in [2.45, 2.75) is 13.0 Å². The van der Waals surface area contributed by atoms with E-state index in [1.165, 1.54) is 0 Å². The second-order valence-electron chi connectivity index (χ2n) is 7.26. The van der Waals surface area contributed by atoms with Crippen molar-refractivity contribution in [3.63, 3.8) is 0 Å². The van der Waals surface area contributed by atoms with Gasteiger partial charge in [-0.15, -0.1) is 0 Å². The molecular weight excluding hydrogens is 370 g/mol. The number of rotatable bonds is 5. The van der Waals surface area contributed by atoms with Crippen molar-refractivity contribution in [3.8, 4) is 5.75 Å². The van der Waals surface area contributed by atoms with E-state index in [-0.39, 0.29) is 17.7 Å². The van der Waals surface area contributed by atoms with Crippen molar-refractivity contribution in [1.29, 1.82) is 0 Å². The molecular formula is C27H23NO2. The Morgan fingerprint density at radius 2 is 1.47 bits per heavy atom. The topological polar surface area (TPSA) is 49.3 Å². The number of amides is 1. The monoisotopic (exact) mass is 393 g/mol.